The number of thiazole rings is 1. The van der Waals surface area contributed by atoms with Crippen LogP contribution in [0.2, 0.25) is 0 Å². The number of aryl methyl sites for hydroxylation is 2. The zero-order valence-corrected chi connectivity index (χ0v) is 20.8. The number of anilines is 1. The fourth-order valence-corrected chi connectivity index (χ4v) is 7.77. The maximum absolute atomic E-state index is 14.3. The number of hydrogen-bond acceptors (Lipinski definition) is 6. The molecule has 2 aromatic rings. The molecule has 2 N–H and O–H groups in total. The number of nitrogens with zero attached hydrogens (tertiary/aromatic N) is 2. The highest BCUT2D eigenvalue weighted by Crippen LogP contribution is 2.62. The van der Waals surface area contributed by atoms with Gasteiger partial charge in [-0.2, -0.15) is 0 Å². The molecule has 5 atom stereocenters. The molecule has 3 aliphatic carbocycles. The second kappa shape index (κ2) is 8.95. The average Bonchev–Trinajstić information content (AvgIpc) is 3.33. The molecule has 1 heterocycles. The monoisotopic (exact) mass is 485 g/mol. The quantitative estimate of drug-likeness (QED) is 0.524. The molecule has 5 rings (SSSR count). The van der Waals surface area contributed by atoms with Gasteiger partial charge in [0.05, 0.1) is 5.71 Å². The fourth-order valence-electron chi connectivity index (χ4n) is 7.09. The molecule has 1 aromatic carbocycles. The number of oxime groups is 1. The van der Waals surface area contributed by atoms with Gasteiger partial charge in [0.2, 0.25) is 5.91 Å². The van der Waals surface area contributed by atoms with Gasteiger partial charge in [-0.1, -0.05) is 12.1 Å². The van der Waals surface area contributed by atoms with Crippen LogP contribution in [0.25, 0.3) is 0 Å². The minimum atomic E-state index is -0.536. The van der Waals surface area contributed by atoms with Gasteiger partial charge >= 0.3 is 0 Å². The molecule has 3 aliphatic rings. The van der Waals surface area contributed by atoms with Crippen LogP contribution in [0.3, 0.4) is 0 Å². The molecule has 0 aliphatic heterocycles. The van der Waals surface area contributed by atoms with Gasteiger partial charge in [0.1, 0.15) is 7.11 Å². The van der Waals surface area contributed by atoms with E-state index in [0.29, 0.717) is 29.3 Å². The van der Waals surface area contributed by atoms with E-state index in [0.717, 1.165) is 60.2 Å². The summed E-state index contributed by atoms with van der Waals surface area (Å²) in [7, 11) is 1.60. The summed E-state index contributed by atoms with van der Waals surface area (Å²) < 4.78 is 14.3. The number of nitrogens with one attached hydrogen (secondary N) is 1. The van der Waals surface area contributed by atoms with Crippen molar-refractivity contribution < 1.29 is 19.1 Å². The number of carbonyl (C=O) groups excluding carboxylic acids is 1. The highest BCUT2D eigenvalue weighted by molar-refractivity contribution is 7.15. The Balaban J connectivity index is 1.39. The van der Waals surface area contributed by atoms with E-state index in [4.69, 9.17) is 4.84 Å². The number of benzene rings is 1. The Morgan fingerprint density at radius 3 is 2.97 bits per heavy atom. The van der Waals surface area contributed by atoms with Crippen molar-refractivity contribution in [1.29, 1.82) is 0 Å². The molecule has 2 saturated carbocycles. The third-order valence-corrected chi connectivity index (χ3v) is 9.31. The molecule has 5 unspecified atom stereocenters. The maximum atomic E-state index is 14.3. The molecular weight excluding hydrogens is 453 g/mol. The molecule has 182 valence electrons. The van der Waals surface area contributed by atoms with Gasteiger partial charge in [-0.05, 0) is 92.4 Å². The lowest BCUT2D eigenvalue weighted by Gasteiger charge is -2.50. The summed E-state index contributed by atoms with van der Waals surface area (Å²) in [6, 6.07) is 3.17. The number of phenolic OH excluding ortho intramolecular Hbond substituents is 1. The Labute approximate surface area is 203 Å². The molecule has 0 radical (unpaired) electrons. The Kier molecular flexibility index (Phi) is 6.12. The van der Waals surface area contributed by atoms with Crippen LogP contribution < -0.4 is 5.32 Å². The van der Waals surface area contributed by atoms with E-state index in [2.05, 4.69) is 22.4 Å². The highest BCUT2D eigenvalue weighted by atomic mass is 32.1. The van der Waals surface area contributed by atoms with Crippen LogP contribution in [0.5, 0.6) is 5.75 Å². The van der Waals surface area contributed by atoms with Crippen LogP contribution in [0, 0.1) is 35.9 Å². The van der Waals surface area contributed by atoms with E-state index in [9.17, 15) is 14.3 Å². The van der Waals surface area contributed by atoms with E-state index >= 15 is 0 Å². The molecule has 2 fully saturated rings. The van der Waals surface area contributed by atoms with Crippen LogP contribution in [-0.2, 0) is 16.1 Å². The van der Waals surface area contributed by atoms with Crippen molar-refractivity contribution in [1.82, 2.24) is 4.98 Å². The SMILES string of the molecule is CON=C1CC(CCC(=O)Nc2ncc(C)s2)C2C3CCc4cc(O)c(F)cc4C3CCC12C. The van der Waals surface area contributed by atoms with Crippen LogP contribution in [0.1, 0.15) is 67.4 Å². The smallest absolute Gasteiger partial charge is 0.226 e. The fraction of sp³-hybridized carbons (Fsp3) is 0.577. The standard InChI is InChI=1S/C26H32FN3O3S/c1-14-13-28-25(34-14)29-23(32)7-5-16-11-22(30-33-3)26(2)9-8-17-18(24(16)26)6-4-15-10-21(31)20(27)12-19(15)17/h10,12-13,16-18,24,31H,4-9,11H2,1-3H3,(H,28,29,32). The average molecular weight is 486 g/mol. The first-order chi connectivity index (χ1) is 16.3. The Hall–Kier alpha value is -2.48. The molecule has 6 nitrogen and oxygen atoms in total. The van der Waals surface area contributed by atoms with Gasteiger partial charge < -0.3 is 15.3 Å². The van der Waals surface area contributed by atoms with E-state index < -0.39 is 5.82 Å². The van der Waals surface area contributed by atoms with Gasteiger partial charge in [0.15, 0.2) is 16.7 Å². The Bertz CT molecular complexity index is 1130. The van der Waals surface area contributed by atoms with Crippen molar-refractivity contribution in [2.45, 2.75) is 64.7 Å². The lowest BCUT2D eigenvalue weighted by atomic mass is 9.54. The van der Waals surface area contributed by atoms with Gasteiger partial charge in [-0.15, -0.1) is 11.3 Å². The topological polar surface area (TPSA) is 83.8 Å². The lowest BCUT2D eigenvalue weighted by molar-refractivity contribution is -0.116. The zero-order valence-electron chi connectivity index (χ0n) is 19.9. The van der Waals surface area contributed by atoms with Crippen molar-refractivity contribution in [3.05, 3.63) is 40.2 Å². The number of aromatic hydroxyl groups is 1. The zero-order chi connectivity index (χ0) is 24.0. The van der Waals surface area contributed by atoms with E-state index in [1.165, 1.54) is 11.3 Å². The molecule has 1 amide bonds. The second-order valence-corrected chi connectivity index (χ2v) is 11.6. The van der Waals surface area contributed by atoms with Crippen LogP contribution >= 0.6 is 11.3 Å². The minimum absolute atomic E-state index is 0.00733. The summed E-state index contributed by atoms with van der Waals surface area (Å²) >= 11 is 1.48. The first kappa shape index (κ1) is 23.3. The first-order valence-electron chi connectivity index (χ1n) is 12.1. The molecule has 8 heteroatoms. The number of carbonyl (C=O) groups is 1. The predicted octanol–water partition coefficient (Wildman–Crippen LogP) is 5.80. The van der Waals surface area contributed by atoms with E-state index in [-0.39, 0.29) is 23.0 Å². The van der Waals surface area contributed by atoms with Crippen molar-refractivity contribution in [3.8, 4) is 5.75 Å². The largest absolute Gasteiger partial charge is 0.505 e. The molecular formula is C26H32FN3O3S. The number of phenols is 1. The van der Waals surface area contributed by atoms with Crippen LogP contribution in [-0.4, -0.2) is 28.8 Å². The molecule has 0 bridgehead atoms. The number of hydrogen-bond donors (Lipinski definition) is 2. The number of halogens is 1. The van der Waals surface area contributed by atoms with Crippen molar-refractivity contribution in [2.75, 3.05) is 12.4 Å². The van der Waals surface area contributed by atoms with Gasteiger partial charge in [0, 0.05) is 22.9 Å². The lowest BCUT2D eigenvalue weighted by Crippen LogP contribution is -2.44. The minimum Gasteiger partial charge on any atom is -0.505 e. The summed E-state index contributed by atoms with van der Waals surface area (Å²) in [5, 5.41) is 17.9. The number of fused-ring (bicyclic) bond motifs is 5. The predicted molar refractivity (Wildman–Crippen MR) is 131 cm³/mol. The Morgan fingerprint density at radius 2 is 2.24 bits per heavy atom. The summed E-state index contributed by atoms with van der Waals surface area (Å²) in [6.45, 7) is 4.27. The van der Waals surface area contributed by atoms with Crippen molar-refractivity contribution >= 4 is 28.1 Å². The summed E-state index contributed by atoms with van der Waals surface area (Å²) in [5.41, 5.74) is 3.16. The highest BCUT2D eigenvalue weighted by Gasteiger charge is 2.57. The number of rotatable bonds is 5. The van der Waals surface area contributed by atoms with Crippen LogP contribution in [0.15, 0.2) is 23.5 Å². The van der Waals surface area contributed by atoms with Gasteiger partial charge in [-0.25, -0.2) is 9.37 Å². The number of aromatic nitrogens is 1. The maximum Gasteiger partial charge on any atom is 0.226 e. The van der Waals surface area contributed by atoms with Crippen molar-refractivity contribution in [2.24, 2.45) is 28.3 Å². The van der Waals surface area contributed by atoms with Gasteiger partial charge in [0.25, 0.3) is 0 Å². The molecule has 1 aromatic heterocycles. The second-order valence-electron chi connectivity index (χ2n) is 10.3. The summed E-state index contributed by atoms with van der Waals surface area (Å²) in [6.07, 6.45) is 7.58. The van der Waals surface area contributed by atoms with Crippen LogP contribution in [0.4, 0.5) is 9.52 Å². The van der Waals surface area contributed by atoms with Crippen molar-refractivity contribution in [3.63, 3.8) is 0 Å². The summed E-state index contributed by atoms with van der Waals surface area (Å²) in [5.74, 6) is 0.549. The van der Waals surface area contributed by atoms with Gasteiger partial charge in [-0.3, -0.25) is 4.79 Å². The van der Waals surface area contributed by atoms with E-state index in [1.807, 2.05) is 6.92 Å². The number of amides is 1. The third-order valence-electron chi connectivity index (χ3n) is 8.48. The molecule has 0 spiro atoms. The first-order valence-corrected chi connectivity index (χ1v) is 13.0. The molecule has 0 saturated heterocycles. The normalized spacial score (nSPS) is 31.0. The third kappa shape index (κ3) is 4.00. The molecule has 34 heavy (non-hydrogen) atoms. The van der Waals surface area contributed by atoms with E-state index in [1.54, 1.807) is 25.4 Å². The summed E-state index contributed by atoms with van der Waals surface area (Å²) in [4.78, 5) is 23.2. The Morgan fingerprint density at radius 1 is 1.41 bits per heavy atom.